The fourth-order valence-corrected chi connectivity index (χ4v) is 5.96. The first-order chi connectivity index (χ1) is 17.0. The molecular formula is C25H31ClN8S. The maximum Gasteiger partial charge on any atom is 0.166 e. The van der Waals surface area contributed by atoms with Crippen molar-refractivity contribution in [3.05, 3.63) is 40.3 Å². The maximum absolute atomic E-state index is 8.99. The summed E-state index contributed by atoms with van der Waals surface area (Å²) >= 11 is 11.0. The van der Waals surface area contributed by atoms with Crippen molar-refractivity contribution >= 4 is 58.6 Å². The number of rotatable bonds is 6. The Morgan fingerprint density at radius 2 is 1.89 bits per heavy atom. The van der Waals surface area contributed by atoms with Crippen molar-refractivity contribution in [3.8, 4) is 0 Å². The summed E-state index contributed by atoms with van der Waals surface area (Å²) < 4.78 is 2.87. The molecule has 1 aliphatic heterocycles. The molecule has 2 aromatic heterocycles. The normalized spacial score (nSPS) is 17.2. The lowest BCUT2D eigenvalue weighted by atomic mass is 9.77. The van der Waals surface area contributed by atoms with Gasteiger partial charge in [-0.25, -0.2) is 15.0 Å². The Bertz CT molecular complexity index is 1260. The number of benzene rings is 1. The van der Waals surface area contributed by atoms with Crippen LogP contribution in [-0.2, 0) is 6.42 Å². The van der Waals surface area contributed by atoms with Gasteiger partial charge in [0.2, 0.25) is 0 Å². The Labute approximate surface area is 216 Å². The summed E-state index contributed by atoms with van der Waals surface area (Å²) in [4.78, 5) is 21.1. The monoisotopic (exact) mass is 510 g/mol. The summed E-state index contributed by atoms with van der Waals surface area (Å²) in [6.45, 7) is 4.07. The Balaban J connectivity index is 1.49. The van der Waals surface area contributed by atoms with E-state index in [1.54, 1.807) is 19.3 Å². The van der Waals surface area contributed by atoms with Crippen molar-refractivity contribution in [1.82, 2.24) is 19.9 Å². The van der Waals surface area contributed by atoms with Crippen LogP contribution < -0.4 is 14.9 Å². The van der Waals surface area contributed by atoms with Crippen LogP contribution in [0.5, 0.6) is 0 Å². The first-order valence-electron chi connectivity index (χ1n) is 12.3. The molecule has 1 aliphatic carbocycles. The van der Waals surface area contributed by atoms with Crippen LogP contribution >= 0.6 is 24.4 Å². The predicted molar refractivity (Wildman–Crippen MR) is 146 cm³/mol. The molecule has 2 aliphatic rings. The van der Waals surface area contributed by atoms with Gasteiger partial charge in [0, 0.05) is 25.7 Å². The molecule has 0 bridgehead atoms. The number of fused-ring (bicyclic) bond motifs is 1. The van der Waals surface area contributed by atoms with E-state index in [0.717, 1.165) is 31.0 Å². The topological polar surface area (TPSA) is 103 Å². The second-order valence-corrected chi connectivity index (χ2v) is 10.1. The van der Waals surface area contributed by atoms with Gasteiger partial charge in [-0.2, -0.15) is 0 Å². The zero-order chi connectivity index (χ0) is 24.6. The van der Waals surface area contributed by atoms with Crippen molar-refractivity contribution in [3.63, 3.8) is 0 Å². The summed E-state index contributed by atoms with van der Waals surface area (Å²) in [5, 5.41) is 12.3. The number of halogens is 1. The third-order valence-corrected chi connectivity index (χ3v) is 8.19. The van der Waals surface area contributed by atoms with Gasteiger partial charge in [-0.15, -0.1) is 0 Å². The first-order valence-corrected chi connectivity index (χ1v) is 13.1. The van der Waals surface area contributed by atoms with Gasteiger partial charge in [0.05, 0.1) is 28.1 Å². The number of nitrogens with zero attached hydrogens (tertiary/aromatic N) is 5. The zero-order valence-electron chi connectivity index (χ0n) is 20.2. The van der Waals surface area contributed by atoms with E-state index < -0.39 is 0 Å². The first kappa shape index (κ1) is 24.1. The number of thiol groups is 1. The van der Waals surface area contributed by atoms with Gasteiger partial charge >= 0.3 is 0 Å². The highest BCUT2D eigenvalue weighted by atomic mass is 35.5. The highest BCUT2D eigenvalue weighted by Gasteiger charge is 2.37. The lowest BCUT2D eigenvalue weighted by Crippen LogP contribution is -2.40. The van der Waals surface area contributed by atoms with Crippen molar-refractivity contribution in [2.75, 3.05) is 35.1 Å². The summed E-state index contributed by atoms with van der Waals surface area (Å²) in [6, 6.07) is 3.61. The molecule has 0 radical (unpaired) electrons. The van der Waals surface area contributed by atoms with E-state index >= 15 is 0 Å². The molecule has 8 nitrogen and oxygen atoms in total. The fourth-order valence-electron chi connectivity index (χ4n) is 5.51. The number of hydrogen-bond donors (Lipinski definition) is 4. The third kappa shape index (κ3) is 4.40. The van der Waals surface area contributed by atoms with Crippen molar-refractivity contribution in [1.29, 1.82) is 5.41 Å². The molecular weight excluding hydrogens is 480 g/mol. The quantitative estimate of drug-likeness (QED) is 0.256. The van der Waals surface area contributed by atoms with E-state index in [9.17, 15) is 0 Å². The molecule has 1 saturated carbocycles. The molecule has 0 unspecified atom stereocenters. The Hall–Kier alpha value is -2.65. The average molecular weight is 511 g/mol. The molecule has 2 fully saturated rings. The largest absolute Gasteiger partial charge is 0.372 e. The standard InChI is InChI=1S/C25H31ClN8S/c1-3-16-24(34-12-10-25(11-13-34)8-4-5-9-25)32-23(33-35)22(30-16)20(27)15-6-7-17-21(19(15)26)31-18(28-2)14-29-17/h6-7,14,27,35H,3-5,8-13H2,1-2H3,(H,28,31)(H,32,33). The third-order valence-electron chi connectivity index (χ3n) is 7.59. The minimum atomic E-state index is 0.169. The van der Waals surface area contributed by atoms with Crippen LogP contribution in [0.2, 0.25) is 5.02 Å². The van der Waals surface area contributed by atoms with Crippen molar-refractivity contribution in [2.45, 2.75) is 51.9 Å². The molecule has 1 aromatic carbocycles. The minimum Gasteiger partial charge on any atom is -0.372 e. The molecule has 0 atom stereocenters. The molecule has 1 spiro atoms. The molecule has 3 N–H and O–H groups in total. The van der Waals surface area contributed by atoms with Crippen LogP contribution in [0.25, 0.3) is 11.0 Å². The van der Waals surface area contributed by atoms with Gasteiger partial charge in [0.25, 0.3) is 0 Å². The van der Waals surface area contributed by atoms with E-state index in [2.05, 4.69) is 44.6 Å². The predicted octanol–water partition coefficient (Wildman–Crippen LogP) is 5.51. The zero-order valence-corrected chi connectivity index (χ0v) is 21.8. The number of aryl methyl sites for hydroxylation is 1. The van der Waals surface area contributed by atoms with Gasteiger partial charge in [-0.1, -0.05) is 44.2 Å². The average Bonchev–Trinajstić information content (AvgIpc) is 3.35. The number of aromatic nitrogens is 4. The van der Waals surface area contributed by atoms with Crippen LogP contribution in [0, 0.1) is 10.8 Å². The highest BCUT2D eigenvalue weighted by Crippen LogP contribution is 2.46. The van der Waals surface area contributed by atoms with E-state index in [0.29, 0.717) is 44.4 Å². The van der Waals surface area contributed by atoms with Gasteiger partial charge in [0.1, 0.15) is 17.0 Å². The number of hydrogen-bond acceptors (Lipinski definition) is 9. The van der Waals surface area contributed by atoms with Crippen LogP contribution in [0.15, 0.2) is 18.3 Å². The number of nitrogens with one attached hydrogen (secondary N) is 3. The lowest BCUT2D eigenvalue weighted by molar-refractivity contribution is 0.226. The van der Waals surface area contributed by atoms with Gasteiger partial charge in [-0.3, -0.25) is 10.4 Å². The van der Waals surface area contributed by atoms with E-state index in [1.807, 2.05) is 6.07 Å². The molecule has 35 heavy (non-hydrogen) atoms. The van der Waals surface area contributed by atoms with Gasteiger partial charge in [0.15, 0.2) is 11.6 Å². The fraction of sp³-hybridized carbons (Fsp3) is 0.480. The Morgan fingerprint density at radius 1 is 1.14 bits per heavy atom. The second-order valence-electron chi connectivity index (χ2n) is 9.53. The number of anilines is 3. The smallest absolute Gasteiger partial charge is 0.166 e. The summed E-state index contributed by atoms with van der Waals surface area (Å²) in [5.74, 6) is 1.96. The van der Waals surface area contributed by atoms with E-state index in [-0.39, 0.29) is 5.71 Å². The SMILES string of the molecule is CCc1nc(C(=N)c2ccc3ncc(NC)nc3c2Cl)c(NS)nc1N1CCC2(CCCC2)CC1. The number of piperidine rings is 1. The van der Waals surface area contributed by atoms with Gasteiger partial charge < -0.3 is 14.9 Å². The van der Waals surface area contributed by atoms with Gasteiger partial charge in [-0.05, 0) is 49.7 Å². The highest BCUT2D eigenvalue weighted by molar-refractivity contribution is 7.81. The van der Waals surface area contributed by atoms with Crippen molar-refractivity contribution in [2.24, 2.45) is 5.41 Å². The van der Waals surface area contributed by atoms with Crippen molar-refractivity contribution < 1.29 is 0 Å². The molecule has 1 saturated heterocycles. The molecule has 184 valence electrons. The Morgan fingerprint density at radius 3 is 2.54 bits per heavy atom. The maximum atomic E-state index is 8.99. The van der Waals surface area contributed by atoms with Crippen LogP contribution in [0.3, 0.4) is 0 Å². The van der Waals surface area contributed by atoms with Crippen LogP contribution in [-0.4, -0.2) is 45.8 Å². The second kappa shape index (κ2) is 9.78. The summed E-state index contributed by atoms with van der Waals surface area (Å²) in [6.07, 6.45) is 10.2. The summed E-state index contributed by atoms with van der Waals surface area (Å²) in [5.41, 5.74) is 3.73. The summed E-state index contributed by atoms with van der Waals surface area (Å²) in [7, 11) is 1.78. The molecule has 0 amide bonds. The van der Waals surface area contributed by atoms with E-state index in [4.69, 9.17) is 27.0 Å². The lowest BCUT2D eigenvalue weighted by Gasteiger charge is -2.40. The molecule has 3 aromatic rings. The molecule has 3 heterocycles. The van der Waals surface area contributed by atoms with E-state index in [1.165, 1.54) is 38.5 Å². The minimum absolute atomic E-state index is 0.169. The molecule has 10 heteroatoms. The Kier molecular flexibility index (Phi) is 6.72. The molecule has 5 rings (SSSR count). The van der Waals surface area contributed by atoms with Crippen LogP contribution in [0.4, 0.5) is 17.5 Å². The van der Waals surface area contributed by atoms with Crippen LogP contribution in [0.1, 0.15) is 62.4 Å².